The van der Waals surface area contributed by atoms with Gasteiger partial charge in [-0.3, -0.25) is 4.90 Å². The summed E-state index contributed by atoms with van der Waals surface area (Å²) in [4.78, 5) is 19.1. The van der Waals surface area contributed by atoms with Crippen molar-refractivity contribution in [2.45, 2.75) is 18.5 Å². The largest absolute Gasteiger partial charge is 0.447 e. The predicted molar refractivity (Wildman–Crippen MR) is 131 cm³/mol. The summed E-state index contributed by atoms with van der Waals surface area (Å²) in [6.45, 7) is 0.399. The molecule has 1 aliphatic rings. The lowest BCUT2D eigenvalue weighted by Gasteiger charge is -2.32. The average Bonchev–Trinajstić information content (AvgIpc) is 3.15. The second-order valence-electron chi connectivity index (χ2n) is 8.70. The van der Waals surface area contributed by atoms with Crippen LogP contribution < -0.4 is 9.80 Å². The maximum absolute atomic E-state index is 13.0. The molecule has 3 aromatic rings. The van der Waals surface area contributed by atoms with Crippen molar-refractivity contribution in [2.24, 2.45) is 0 Å². The van der Waals surface area contributed by atoms with Gasteiger partial charge in [-0.15, -0.1) is 0 Å². The molecule has 0 spiro atoms. The van der Waals surface area contributed by atoms with Crippen LogP contribution in [0, 0.1) is 0 Å². The van der Waals surface area contributed by atoms with Crippen LogP contribution in [0.25, 0.3) is 0 Å². The average molecular weight is 430 g/mol. The fraction of sp³-hybridized carbons (Fsp3) is 0.296. The highest BCUT2D eigenvalue weighted by atomic mass is 16.6. The van der Waals surface area contributed by atoms with E-state index in [1.807, 2.05) is 51.3 Å². The molecular formula is C27H31N3O2. The first-order valence-corrected chi connectivity index (χ1v) is 11.0. The quantitative estimate of drug-likeness (QED) is 0.531. The second kappa shape index (κ2) is 9.35. The van der Waals surface area contributed by atoms with Gasteiger partial charge in [-0.25, -0.2) is 4.79 Å². The first kappa shape index (κ1) is 21.8. The minimum atomic E-state index is -0.260. The van der Waals surface area contributed by atoms with Gasteiger partial charge in [-0.1, -0.05) is 54.6 Å². The van der Waals surface area contributed by atoms with Crippen LogP contribution in [0.2, 0.25) is 0 Å². The first-order valence-electron chi connectivity index (χ1n) is 11.0. The molecule has 166 valence electrons. The van der Waals surface area contributed by atoms with Crippen LogP contribution in [0.3, 0.4) is 0 Å². The number of benzene rings is 3. The van der Waals surface area contributed by atoms with Crippen LogP contribution in [-0.2, 0) is 11.2 Å². The lowest BCUT2D eigenvalue weighted by molar-refractivity contribution is 0.150. The number of carbonyl (C=O) groups is 1. The zero-order chi connectivity index (χ0) is 22.7. The van der Waals surface area contributed by atoms with E-state index in [1.54, 1.807) is 0 Å². The number of hydrogen-bond donors (Lipinski definition) is 0. The van der Waals surface area contributed by atoms with Gasteiger partial charge in [-0.2, -0.15) is 0 Å². The zero-order valence-corrected chi connectivity index (χ0v) is 19.2. The van der Waals surface area contributed by atoms with Gasteiger partial charge in [0.2, 0.25) is 0 Å². The molecule has 1 fully saturated rings. The van der Waals surface area contributed by atoms with Gasteiger partial charge in [0.1, 0.15) is 6.61 Å². The summed E-state index contributed by atoms with van der Waals surface area (Å²) in [5.74, 6) is 0. The molecule has 0 unspecified atom stereocenters. The lowest BCUT2D eigenvalue weighted by Crippen LogP contribution is -2.39. The highest BCUT2D eigenvalue weighted by molar-refractivity contribution is 5.72. The summed E-state index contributed by atoms with van der Waals surface area (Å²) in [6.07, 6.45) is 0.499. The van der Waals surface area contributed by atoms with Gasteiger partial charge in [0.15, 0.2) is 0 Å². The second-order valence-corrected chi connectivity index (χ2v) is 8.70. The van der Waals surface area contributed by atoms with Crippen molar-refractivity contribution in [3.05, 3.63) is 95.6 Å². The number of rotatable bonds is 7. The van der Waals surface area contributed by atoms with E-state index in [4.69, 9.17) is 4.74 Å². The molecule has 0 radical (unpaired) electrons. The van der Waals surface area contributed by atoms with Crippen molar-refractivity contribution < 1.29 is 9.53 Å². The molecule has 4 rings (SSSR count). The number of nitrogens with zero attached hydrogens (tertiary/aromatic N) is 3. The Morgan fingerprint density at radius 1 is 0.812 bits per heavy atom. The summed E-state index contributed by atoms with van der Waals surface area (Å²) >= 11 is 0. The summed E-state index contributed by atoms with van der Waals surface area (Å²) in [5, 5.41) is 0. The number of anilines is 2. The van der Waals surface area contributed by atoms with E-state index in [9.17, 15) is 4.79 Å². The van der Waals surface area contributed by atoms with Crippen LogP contribution in [0.4, 0.5) is 16.2 Å². The fourth-order valence-corrected chi connectivity index (χ4v) is 4.25. The maximum atomic E-state index is 13.0. The molecule has 1 heterocycles. The molecule has 0 aliphatic carbocycles. The number of amides is 1. The number of ether oxygens (including phenoxy) is 1. The SMILES string of the molecule is CN(C)c1ccc(C(c2ccc(N(C)C)cc2)N2C(=O)OC[C@@H]2Cc2ccccc2)cc1. The van der Waals surface area contributed by atoms with Crippen molar-refractivity contribution >= 4 is 17.5 Å². The van der Waals surface area contributed by atoms with E-state index < -0.39 is 0 Å². The summed E-state index contributed by atoms with van der Waals surface area (Å²) in [7, 11) is 8.11. The molecule has 1 atom stereocenters. The Morgan fingerprint density at radius 2 is 1.31 bits per heavy atom. The van der Waals surface area contributed by atoms with E-state index in [0.717, 1.165) is 28.9 Å². The molecule has 0 aromatic heterocycles. The standard InChI is InChI=1S/C27H31N3O2/c1-28(2)23-14-10-21(11-15-23)26(22-12-16-24(17-13-22)29(3)4)30-25(19-32-27(30)31)18-20-8-6-5-7-9-20/h5-17,25-26H,18-19H2,1-4H3/t25-/m0/s1. The van der Waals surface area contributed by atoms with E-state index in [-0.39, 0.29) is 18.2 Å². The van der Waals surface area contributed by atoms with Crippen LogP contribution in [0.1, 0.15) is 22.7 Å². The van der Waals surface area contributed by atoms with E-state index in [2.05, 4.69) is 70.5 Å². The first-order chi connectivity index (χ1) is 15.4. The maximum Gasteiger partial charge on any atom is 0.411 e. The topological polar surface area (TPSA) is 36.0 Å². The third-order valence-electron chi connectivity index (χ3n) is 6.05. The third-order valence-corrected chi connectivity index (χ3v) is 6.05. The fourth-order valence-electron chi connectivity index (χ4n) is 4.25. The Hall–Kier alpha value is -3.47. The van der Waals surface area contributed by atoms with Crippen LogP contribution in [0.5, 0.6) is 0 Å². The molecule has 5 heteroatoms. The van der Waals surface area contributed by atoms with Crippen LogP contribution in [0.15, 0.2) is 78.9 Å². The molecule has 0 N–H and O–H groups in total. The van der Waals surface area contributed by atoms with Gasteiger partial charge < -0.3 is 14.5 Å². The predicted octanol–water partition coefficient (Wildman–Crippen LogP) is 4.97. The summed E-state index contributed by atoms with van der Waals surface area (Å²) < 4.78 is 5.57. The van der Waals surface area contributed by atoms with E-state index in [0.29, 0.717) is 6.61 Å². The van der Waals surface area contributed by atoms with Gasteiger partial charge in [0.25, 0.3) is 0 Å². The highest BCUT2D eigenvalue weighted by Crippen LogP contribution is 2.36. The molecule has 3 aromatic carbocycles. The van der Waals surface area contributed by atoms with E-state index in [1.165, 1.54) is 5.56 Å². The Kier molecular flexibility index (Phi) is 6.35. The number of cyclic esters (lactones) is 1. The van der Waals surface area contributed by atoms with E-state index >= 15 is 0 Å². The third kappa shape index (κ3) is 4.57. The van der Waals surface area contributed by atoms with Gasteiger partial charge >= 0.3 is 6.09 Å². The molecule has 1 aliphatic heterocycles. The normalized spacial score (nSPS) is 15.7. The molecule has 32 heavy (non-hydrogen) atoms. The monoisotopic (exact) mass is 429 g/mol. The Bertz CT molecular complexity index is 979. The summed E-state index contributed by atoms with van der Waals surface area (Å²) in [5.41, 5.74) is 5.60. The van der Waals surface area contributed by atoms with Crippen molar-refractivity contribution in [3.63, 3.8) is 0 Å². The van der Waals surface area contributed by atoms with Gasteiger partial charge in [0, 0.05) is 39.6 Å². The summed E-state index contributed by atoms with van der Waals surface area (Å²) in [6, 6.07) is 26.9. The number of carbonyl (C=O) groups excluding carboxylic acids is 1. The van der Waals surface area contributed by atoms with Gasteiger partial charge in [-0.05, 0) is 47.4 Å². The molecular weight excluding hydrogens is 398 g/mol. The molecule has 1 amide bonds. The molecule has 5 nitrogen and oxygen atoms in total. The van der Waals surface area contributed by atoms with Crippen molar-refractivity contribution in [3.8, 4) is 0 Å². The van der Waals surface area contributed by atoms with Crippen LogP contribution >= 0.6 is 0 Å². The van der Waals surface area contributed by atoms with Gasteiger partial charge in [0.05, 0.1) is 12.1 Å². The smallest absolute Gasteiger partial charge is 0.411 e. The lowest BCUT2D eigenvalue weighted by atomic mass is 9.94. The minimum absolute atomic E-state index is 0.0306. The number of hydrogen-bond acceptors (Lipinski definition) is 4. The Morgan fingerprint density at radius 3 is 1.78 bits per heavy atom. The van der Waals surface area contributed by atoms with Crippen molar-refractivity contribution in [1.82, 2.24) is 4.90 Å². The zero-order valence-electron chi connectivity index (χ0n) is 19.2. The Labute approximate surface area is 190 Å². The molecule has 0 saturated carbocycles. The minimum Gasteiger partial charge on any atom is -0.447 e. The Balaban J connectivity index is 1.73. The van der Waals surface area contributed by atoms with Crippen LogP contribution in [-0.4, -0.2) is 51.8 Å². The van der Waals surface area contributed by atoms with Crippen molar-refractivity contribution in [1.29, 1.82) is 0 Å². The van der Waals surface area contributed by atoms with Crippen molar-refractivity contribution in [2.75, 3.05) is 44.6 Å². The molecule has 0 bridgehead atoms. The molecule has 1 saturated heterocycles. The highest BCUT2D eigenvalue weighted by Gasteiger charge is 2.39.